The van der Waals surface area contributed by atoms with E-state index in [-0.39, 0.29) is 35.5 Å². The Kier molecular flexibility index (Phi) is 5.86. The van der Waals surface area contributed by atoms with Crippen LogP contribution in [0.3, 0.4) is 0 Å². The third-order valence-electron chi connectivity index (χ3n) is 10.5. The number of piperazine rings is 1. The molecule has 5 fully saturated rings. The molecule has 1 aromatic carbocycles. The molecule has 2 amide bonds. The zero-order valence-electron chi connectivity index (χ0n) is 21.7. The summed E-state index contributed by atoms with van der Waals surface area (Å²) in [6.07, 6.45) is 6.22. The highest BCUT2D eigenvalue weighted by Gasteiger charge is 2.67. The fourth-order valence-electron chi connectivity index (χ4n) is 8.60. The molecule has 0 spiro atoms. The lowest BCUT2D eigenvalue weighted by Crippen LogP contribution is -2.49. The average Bonchev–Trinajstić information content (AvgIpc) is 3.62. The van der Waals surface area contributed by atoms with E-state index in [4.69, 9.17) is 4.37 Å². The van der Waals surface area contributed by atoms with Crippen LogP contribution >= 0.6 is 11.5 Å². The molecule has 37 heavy (non-hydrogen) atoms. The van der Waals surface area contributed by atoms with E-state index in [9.17, 15) is 14.7 Å². The van der Waals surface area contributed by atoms with Gasteiger partial charge in [0.2, 0.25) is 11.8 Å². The number of carbonyl (C=O) groups excluding carboxylic acids is 2. The second kappa shape index (κ2) is 9.02. The molecule has 7 atom stereocenters. The first kappa shape index (κ1) is 24.0. The van der Waals surface area contributed by atoms with Gasteiger partial charge in [-0.15, -0.1) is 0 Å². The molecule has 3 heterocycles. The fourth-order valence-corrected chi connectivity index (χ4v) is 9.40. The molecule has 2 aromatic rings. The van der Waals surface area contributed by atoms with Crippen LogP contribution in [0, 0.1) is 35.5 Å². The van der Waals surface area contributed by atoms with Gasteiger partial charge < -0.3 is 10.0 Å². The van der Waals surface area contributed by atoms with Crippen molar-refractivity contribution in [2.45, 2.75) is 51.0 Å². The summed E-state index contributed by atoms with van der Waals surface area (Å²) in [5, 5.41) is 12.1. The summed E-state index contributed by atoms with van der Waals surface area (Å²) >= 11 is 1.58. The number of rotatable bonds is 5. The molecule has 8 heteroatoms. The maximum Gasteiger partial charge on any atom is 0.233 e. The summed E-state index contributed by atoms with van der Waals surface area (Å²) in [5.74, 6) is 1.80. The number of hydrogen-bond donors (Lipinski definition) is 1. The van der Waals surface area contributed by atoms with Gasteiger partial charge in [0.05, 0.1) is 22.1 Å². The number of amides is 2. The van der Waals surface area contributed by atoms with Crippen molar-refractivity contribution >= 4 is 39.3 Å². The number of nitrogens with zero attached hydrogens (tertiary/aromatic N) is 4. The van der Waals surface area contributed by atoms with Gasteiger partial charge >= 0.3 is 0 Å². The van der Waals surface area contributed by atoms with Crippen LogP contribution in [-0.4, -0.2) is 76.0 Å². The molecule has 3 saturated carbocycles. The van der Waals surface area contributed by atoms with E-state index in [2.05, 4.69) is 34.1 Å². The van der Waals surface area contributed by atoms with Crippen molar-refractivity contribution in [1.29, 1.82) is 0 Å². The second-order valence-corrected chi connectivity index (χ2v) is 13.4. The SMILES string of the molecule is C[C@@]1(O)C[C@H]2C[C@@H]1[C@@H]1C(=O)N(CC3CCCC[C@H]3CN3CCN(c4nsc5ccccc45)CC3)C(=O)[C@H]21. The molecule has 2 bridgehead atoms. The maximum absolute atomic E-state index is 13.5. The molecule has 0 radical (unpaired) electrons. The van der Waals surface area contributed by atoms with E-state index in [0.29, 0.717) is 24.8 Å². The first-order valence-corrected chi connectivity index (χ1v) is 15.1. The molecular formula is C29H38N4O3S. The van der Waals surface area contributed by atoms with E-state index >= 15 is 0 Å². The van der Waals surface area contributed by atoms with E-state index in [1.807, 2.05) is 6.92 Å². The summed E-state index contributed by atoms with van der Waals surface area (Å²) in [6, 6.07) is 8.49. The van der Waals surface area contributed by atoms with Crippen LogP contribution in [0.1, 0.15) is 45.4 Å². The van der Waals surface area contributed by atoms with Crippen molar-refractivity contribution < 1.29 is 14.7 Å². The smallest absolute Gasteiger partial charge is 0.233 e. The lowest BCUT2D eigenvalue weighted by Gasteiger charge is -2.40. The summed E-state index contributed by atoms with van der Waals surface area (Å²) in [6.45, 7) is 7.53. The van der Waals surface area contributed by atoms with E-state index < -0.39 is 5.60 Å². The Morgan fingerprint density at radius 3 is 2.49 bits per heavy atom. The molecule has 7 rings (SSSR count). The zero-order valence-corrected chi connectivity index (χ0v) is 22.5. The van der Waals surface area contributed by atoms with Crippen LogP contribution in [0.2, 0.25) is 0 Å². The van der Waals surface area contributed by atoms with E-state index in [0.717, 1.165) is 51.4 Å². The molecule has 198 valence electrons. The third kappa shape index (κ3) is 3.93. The molecule has 1 unspecified atom stereocenters. The van der Waals surface area contributed by atoms with Crippen molar-refractivity contribution in [3.05, 3.63) is 24.3 Å². The third-order valence-corrected chi connectivity index (χ3v) is 11.3. The molecule has 7 nitrogen and oxygen atoms in total. The van der Waals surface area contributed by atoms with Crippen molar-refractivity contribution in [2.75, 3.05) is 44.2 Å². The van der Waals surface area contributed by atoms with Crippen molar-refractivity contribution in [3.8, 4) is 0 Å². The monoisotopic (exact) mass is 522 g/mol. The summed E-state index contributed by atoms with van der Waals surface area (Å²) in [5.41, 5.74) is -0.794. The van der Waals surface area contributed by atoms with Crippen molar-refractivity contribution in [3.63, 3.8) is 0 Å². The Morgan fingerprint density at radius 2 is 1.70 bits per heavy atom. The first-order chi connectivity index (χ1) is 17.9. The second-order valence-electron chi connectivity index (χ2n) is 12.6. The highest BCUT2D eigenvalue weighted by Crippen LogP contribution is 2.60. The number of imide groups is 1. The Labute approximate surface area is 223 Å². The standard InChI is InChI=1S/C29H38N4O3S/c1-29(36)15-20-14-22(29)25-24(20)27(34)33(28(25)35)17-19-7-3-2-6-18(19)16-31-10-12-32(13-11-31)26-21-8-4-5-9-23(21)37-30-26/h4-5,8-9,18-20,22,24-25,36H,2-3,6-7,10-17H2,1H3/t18-,19?,20+,22+,24+,25-,29+/m0/s1. The molecule has 2 saturated heterocycles. The number of likely N-dealkylation sites (tertiary alicyclic amines) is 1. The van der Waals surface area contributed by atoms with Gasteiger partial charge in [0.15, 0.2) is 0 Å². The van der Waals surface area contributed by atoms with Gasteiger partial charge in [-0.2, -0.15) is 4.37 Å². The Morgan fingerprint density at radius 1 is 1.00 bits per heavy atom. The van der Waals surface area contributed by atoms with Crippen molar-refractivity contribution in [1.82, 2.24) is 14.2 Å². The van der Waals surface area contributed by atoms with Gasteiger partial charge in [-0.3, -0.25) is 19.4 Å². The molecule has 2 aliphatic heterocycles. The predicted molar refractivity (Wildman–Crippen MR) is 144 cm³/mol. The normalized spacial score (nSPS) is 38.2. The first-order valence-electron chi connectivity index (χ1n) is 14.3. The predicted octanol–water partition coefficient (Wildman–Crippen LogP) is 3.62. The molecule has 1 N–H and O–H groups in total. The maximum atomic E-state index is 13.5. The molecule has 3 aliphatic carbocycles. The minimum Gasteiger partial charge on any atom is -0.390 e. The Balaban J connectivity index is 0.991. The molecular weight excluding hydrogens is 484 g/mol. The summed E-state index contributed by atoms with van der Waals surface area (Å²) < 4.78 is 6.00. The number of aromatic nitrogens is 1. The topological polar surface area (TPSA) is 77.0 Å². The number of hydrogen-bond acceptors (Lipinski definition) is 7. The van der Waals surface area contributed by atoms with Crippen LogP contribution in [0.25, 0.3) is 10.1 Å². The molecule has 5 aliphatic rings. The number of fused-ring (bicyclic) bond motifs is 6. The van der Waals surface area contributed by atoms with Crippen LogP contribution < -0.4 is 4.90 Å². The largest absolute Gasteiger partial charge is 0.390 e. The minimum absolute atomic E-state index is 0.0101. The number of aliphatic hydroxyl groups is 1. The van der Waals surface area contributed by atoms with E-state index in [1.165, 1.54) is 29.3 Å². The van der Waals surface area contributed by atoms with Crippen LogP contribution in [0.5, 0.6) is 0 Å². The van der Waals surface area contributed by atoms with Gasteiger partial charge in [-0.05, 0) is 74.0 Å². The lowest BCUT2D eigenvalue weighted by molar-refractivity contribution is -0.142. The van der Waals surface area contributed by atoms with Gasteiger partial charge in [0.1, 0.15) is 5.82 Å². The van der Waals surface area contributed by atoms with Gasteiger partial charge in [0, 0.05) is 50.6 Å². The number of anilines is 1. The minimum atomic E-state index is -0.794. The van der Waals surface area contributed by atoms with Gasteiger partial charge in [0.25, 0.3) is 0 Å². The average molecular weight is 523 g/mol. The van der Waals surface area contributed by atoms with E-state index in [1.54, 1.807) is 16.4 Å². The fraction of sp³-hybridized carbons (Fsp3) is 0.690. The van der Waals surface area contributed by atoms with Crippen LogP contribution in [0.15, 0.2) is 24.3 Å². The highest BCUT2D eigenvalue weighted by molar-refractivity contribution is 7.13. The quantitative estimate of drug-likeness (QED) is 0.605. The molecule has 1 aromatic heterocycles. The van der Waals surface area contributed by atoms with Crippen molar-refractivity contribution in [2.24, 2.45) is 35.5 Å². The highest BCUT2D eigenvalue weighted by atomic mass is 32.1. The number of carbonyl (C=O) groups is 2. The zero-order chi connectivity index (χ0) is 25.3. The van der Waals surface area contributed by atoms with Gasteiger partial charge in [-0.1, -0.05) is 25.0 Å². The lowest BCUT2D eigenvalue weighted by atomic mass is 9.73. The Bertz CT molecular complexity index is 1200. The summed E-state index contributed by atoms with van der Waals surface area (Å²) in [7, 11) is 0. The van der Waals surface area contributed by atoms with Crippen LogP contribution in [0.4, 0.5) is 5.82 Å². The van der Waals surface area contributed by atoms with Crippen LogP contribution in [-0.2, 0) is 9.59 Å². The Hall–Kier alpha value is -2.03. The van der Waals surface area contributed by atoms with Gasteiger partial charge in [-0.25, -0.2) is 0 Å². The summed E-state index contributed by atoms with van der Waals surface area (Å²) in [4.78, 5) is 33.5. The number of benzene rings is 1.